The van der Waals surface area contributed by atoms with Crippen LogP contribution in [0.1, 0.15) is 25.3 Å². The zero-order valence-electron chi connectivity index (χ0n) is 17.1. The summed E-state index contributed by atoms with van der Waals surface area (Å²) in [6.07, 6.45) is 2.46. The summed E-state index contributed by atoms with van der Waals surface area (Å²) in [5.74, 6) is 2.29. The number of ether oxygens (including phenoxy) is 3. The number of likely N-dealkylation sites (tertiary alicyclic amines) is 1. The summed E-state index contributed by atoms with van der Waals surface area (Å²) in [5.41, 5.74) is 1.08. The van der Waals surface area contributed by atoms with Crippen LogP contribution in [0.3, 0.4) is 0 Å². The first kappa shape index (κ1) is 21.3. The van der Waals surface area contributed by atoms with Crippen LogP contribution >= 0.6 is 0 Å². The van der Waals surface area contributed by atoms with Gasteiger partial charge in [0, 0.05) is 32.8 Å². The highest BCUT2D eigenvalue weighted by Crippen LogP contribution is 2.27. The molecule has 152 valence electrons. The Hall–Kier alpha value is -1.99. The fourth-order valence-corrected chi connectivity index (χ4v) is 3.33. The quantitative estimate of drug-likeness (QED) is 0.479. The van der Waals surface area contributed by atoms with Gasteiger partial charge in [0.05, 0.1) is 27.4 Å². The van der Waals surface area contributed by atoms with Crippen molar-refractivity contribution in [2.24, 2.45) is 4.99 Å². The van der Waals surface area contributed by atoms with Gasteiger partial charge in [-0.15, -0.1) is 0 Å². The van der Waals surface area contributed by atoms with Crippen molar-refractivity contribution in [2.75, 3.05) is 54.1 Å². The fourth-order valence-electron chi connectivity index (χ4n) is 3.33. The van der Waals surface area contributed by atoms with Crippen molar-refractivity contribution < 1.29 is 14.2 Å². The normalized spacial score (nSPS) is 17.8. The SMILES string of the molecule is CCNC(=NCc1ccc(OC)c(OC)c1)NCC1CCCN1CCOC. The first-order chi connectivity index (χ1) is 13.2. The fraction of sp³-hybridized carbons (Fsp3) is 0.650. The maximum absolute atomic E-state index is 5.37. The van der Waals surface area contributed by atoms with Gasteiger partial charge in [-0.05, 0) is 44.0 Å². The molecule has 1 unspecified atom stereocenters. The summed E-state index contributed by atoms with van der Waals surface area (Å²) in [6.45, 7) is 7.29. The van der Waals surface area contributed by atoms with E-state index in [1.54, 1.807) is 21.3 Å². The van der Waals surface area contributed by atoms with E-state index in [2.05, 4.69) is 22.5 Å². The van der Waals surface area contributed by atoms with Crippen LogP contribution in [-0.2, 0) is 11.3 Å². The van der Waals surface area contributed by atoms with E-state index in [0.29, 0.717) is 12.6 Å². The minimum atomic E-state index is 0.532. The molecule has 1 saturated heterocycles. The highest BCUT2D eigenvalue weighted by Gasteiger charge is 2.23. The third-order valence-corrected chi connectivity index (χ3v) is 4.80. The Morgan fingerprint density at radius 2 is 2.00 bits per heavy atom. The first-order valence-corrected chi connectivity index (χ1v) is 9.67. The predicted molar refractivity (Wildman–Crippen MR) is 109 cm³/mol. The molecule has 27 heavy (non-hydrogen) atoms. The summed E-state index contributed by atoms with van der Waals surface area (Å²) < 4.78 is 15.9. The molecule has 2 rings (SSSR count). The second-order valence-electron chi connectivity index (χ2n) is 6.59. The van der Waals surface area contributed by atoms with Gasteiger partial charge in [0.25, 0.3) is 0 Å². The highest BCUT2D eigenvalue weighted by molar-refractivity contribution is 5.79. The maximum atomic E-state index is 5.37. The van der Waals surface area contributed by atoms with Crippen LogP contribution in [0.15, 0.2) is 23.2 Å². The number of methoxy groups -OCH3 is 3. The monoisotopic (exact) mass is 378 g/mol. The Balaban J connectivity index is 1.94. The van der Waals surface area contributed by atoms with E-state index in [4.69, 9.17) is 19.2 Å². The second-order valence-corrected chi connectivity index (χ2v) is 6.59. The van der Waals surface area contributed by atoms with Gasteiger partial charge in [0.1, 0.15) is 0 Å². The molecule has 1 aromatic rings. The smallest absolute Gasteiger partial charge is 0.191 e. The van der Waals surface area contributed by atoms with E-state index in [1.165, 1.54) is 12.8 Å². The number of hydrogen-bond donors (Lipinski definition) is 2. The first-order valence-electron chi connectivity index (χ1n) is 9.67. The summed E-state index contributed by atoms with van der Waals surface area (Å²) in [6, 6.07) is 6.42. The second kappa shape index (κ2) is 11.7. The largest absolute Gasteiger partial charge is 0.493 e. The van der Waals surface area contributed by atoms with Crippen molar-refractivity contribution in [1.29, 1.82) is 0 Å². The lowest BCUT2D eigenvalue weighted by atomic mass is 10.2. The van der Waals surface area contributed by atoms with Gasteiger partial charge in [-0.2, -0.15) is 0 Å². The molecule has 0 radical (unpaired) electrons. The summed E-state index contributed by atoms with van der Waals surface area (Å²) in [4.78, 5) is 7.21. The van der Waals surface area contributed by atoms with Crippen LogP contribution in [0.2, 0.25) is 0 Å². The predicted octanol–water partition coefficient (Wildman–Crippen LogP) is 1.87. The number of nitrogens with zero attached hydrogens (tertiary/aromatic N) is 2. The lowest BCUT2D eigenvalue weighted by Crippen LogP contribution is -2.45. The van der Waals surface area contributed by atoms with Crippen LogP contribution in [0.25, 0.3) is 0 Å². The average molecular weight is 379 g/mol. The molecule has 0 aromatic heterocycles. The topological polar surface area (TPSA) is 67.4 Å². The Morgan fingerprint density at radius 1 is 1.19 bits per heavy atom. The van der Waals surface area contributed by atoms with E-state index >= 15 is 0 Å². The van der Waals surface area contributed by atoms with Gasteiger partial charge in [-0.1, -0.05) is 6.07 Å². The molecule has 1 aliphatic heterocycles. The Bertz CT molecular complexity index is 595. The standard InChI is InChI=1S/C20H34N4O3/c1-5-21-20(23-15-17-7-6-10-24(17)11-12-25-2)22-14-16-8-9-18(26-3)19(13-16)27-4/h8-9,13,17H,5-7,10-12,14-15H2,1-4H3,(H2,21,22,23). The molecule has 1 heterocycles. The van der Waals surface area contributed by atoms with Crippen molar-refractivity contribution in [3.63, 3.8) is 0 Å². The van der Waals surface area contributed by atoms with Gasteiger partial charge in [0.15, 0.2) is 17.5 Å². The lowest BCUT2D eigenvalue weighted by Gasteiger charge is -2.25. The van der Waals surface area contributed by atoms with Gasteiger partial charge < -0.3 is 24.8 Å². The van der Waals surface area contributed by atoms with Crippen LogP contribution in [0.5, 0.6) is 11.5 Å². The average Bonchev–Trinajstić information content (AvgIpc) is 3.15. The third kappa shape index (κ3) is 6.59. The van der Waals surface area contributed by atoms with E-state index in [-0.39, 0.29) is 0 Å². The molecule has 0 spiro atoms. The van der Waals surface area contributed by atoms with Gasteiger partial charge in [-0.25, -0.2) is 4.99 Å². The number of nitrogens with one attached hydrogen (secondary N) is 2. The number of hydrogen-bond acceptors (Lipinski definition) is 5. The van der Waals surface area contributed by atoms with E-state index < -0.39 is 0 Å². The summed E-state index contributed by atoms with van der Waals surface area (Å²) in [7, 11) is 5.04. The summed E-state index contributed by atoms with van der Waals surface area (Å²) in [5, 5.41) is 6.82. The number of rotatable bonds is 10. The molecular weight excluding hydrogens is 344 g/mol. The maximum Gasteiger partial charge on any atom is 0.191 e. The molecule has 0 amide bonds. The lowest BCUT2D eigenvalue weighted by molar-refractivity contribution is 0.141. The Morgan fingerprint density at radius 3 is 2.70 bits per heavy atom. The summed E-state index contributed by atoms with van der Waals surface area (Å²) >= 11 is 0. The van der Waals surface area contributed by atoms with Crippen molar-refractivity contribution in [1.82, 2.24) is 15.5 Å². The molecule has 0 aliphatic carbocycles. The molecule has 1 fully saturated rings. The molecule has 0 saturated carbocycles. The zero-order chi connectivity index (χ0) is 19.5. The molecule has 2 N–H and O–H groups in total. The number of benzene rings is 1. The molecule has 0 bridgehead atoms. The zero-order valence-corrected chi connectivity index (χ0v) is 17.1. The van der Waals surface area contributed by atoms with Crippen molar-refractivity contribution in [3.8, 4) is 11.5 Å². The van der Waals surface area contributed by atoms with E-state index in [1.807, 2.05) is 18.2 Å². The Kier molecular flexibility index (Phi) is 9.21. The molecular formula is C20H34N4O3. The van der Waals surface area contributed by atoms with Gasteiger partial charge in [-0.3, -0.25) is 4.90 Å². The third-order valence-electron chi connectivity index (χ3n) is 4.80. The molecule has 7 heteroatoms. The van der Waals surface area contributed by atoms with Gasteiger partial charge in [0.2, 0.25) is 0 Å². The van der Waals surface area contributed by atoms with Crippen molar-refractivity contribution in [3.05, 3.63) is 23.8 Å². The van der Waals surface area contributed by atoms with Crippen LogP contribution in [0, 0.1) is 0 Å². The van der Waals surface area contributed by atoms with Crippen molar-refractivity contribution >= 4 is 5.96 Å². The molecule has 7 nitrogen and oxygen atoms in total. The molecule has 1 aromatic carbocycles. The molecule has 1 aliphatic rings. The minimum absolute atomic E-state index is 0.532. The Labute approximate surface area is 163 Å². The number of guanidine groups is 1. The highest BCUT2D eigenvalue weighted by atomic mass is 16.5. The molecule has 1 atom stereocenters. The van der Waals surface area contributed by atoms with Crippen LogP contribution in [-0.4, -0.2) is 71.0 Å². The van der Waals surface area contributed by atoms with E-state index in [9.17, 15) is 0 Å². The van der Waals surface area contributed by atoms with Crippen molar-refractivity contribution in [2.45, 2.75) is 32.4 Å². The van der Waals surface area contributed by atoms with Crippen LogP contribution < -0.4 is 20.1 Å². The van der Waals surface area contributed by atoms with E-state index in [0.717, 1.165) is 55.8 Å². The van der Waals surface area contributed by atoms with Crippen LogP contribution in [0.4, 0.5) is 0 Å². The van der Waals surface area contributed by atoms with Gasteiger partial charge >= 0.3 is 0 Å². The number of aliphatic imine (C=N–C) groups is 1. The minimum Gasteiger partial charge on any atom is -0.493 e.